The third-order valence-corrected chi connectivity index (χ3v) is 5.59. The van der Waals surface area contributed by atoms with Crippen molar-refractivity contribution in [2.75, 3.05) is 13.1 Å². The highest BCUT2D eigenvalue weighted by Gasteiger charge is 2.30. The lowest BCUT2D eigenvalue weighted by Gasteiger charge is -2.33. The van der Waals surface area contributed by atoms with E-state index in [4.69, 9.17) is 11.6 Å². The molecule has 4 nitrogen and oxygen atoms in total. The Balaban J connectivity index is 1.82. The summed E-state index contributed by atoms with van der Waals surface area (Å²) in [5.74, 6) is -0.236. The number of nitrogens with one attached hydrogen (secondary N) is 1. The number of hydrogen-bond donors (Lipinski definition) is 1. The molecule has 120 valence electrons. The molecule has 0 radical (unpaired) electrons. The number of carbonyl (C=O) groups is 2. The van der Waals surface area contributed by atoms with Gasteiger partial charge in [0.05, 0.1) is 5.02 Å². The molecule has 2 amide bonds. The summed E-state index contributed by atoms with van der Waals surface area (Å²) in [4.78, 5) is 26.8. The van der Waals surface area contributed by atoms with Gasteiger partial charge in [0.2, 0.25) is 11.8 Å². The van der Waals surface area contributed by atoms with Crippen LogP contribution >= 0.6 is 22.9 Å². The van der Waals surface area contributed by atoms with Crippen LogP contribution in [0.5, 0.6) is 0 Å². The van der Waals surface area contributed by atoms with E-state index in [2.05, 4.69) is 5.32 Å². The number of rotatable bonds is 3. The van der Waals surface area contributed by atoms with Crippen molar-refractivity contribution in [2.24, 2.45) is 0 Å². The predicted molar refractivity (Wildman–Crippen MR) is 94.7 cm³/mol. The van der Waals surface area contributed by atoms with Gasteiger partial charge in [-0.15, -0.1) is 11.3 Å². The Morgan fingerprint density at radius 1 is 1.48 bits per heavy atom. The highest BCUT2D eigenvalue weighted by molar-refractivity contribution is 7.20. The summed E-state index contributed by atoms with van der Waals surface area (Å²) in [6.45, 7) is 2.94. The van der Waals surface area contributed by atoms with Crippen molar-refractivity contribution in [3.05, 3.63) is 40.2 Å². The predicted octanol–water partition coefficient (Wildman–Crippen LogP) is 3.30. The van der Waals surface area contributed by atoms with Crippen LogP contribution in [-0.2, 0) is 9.59 Å². The summed E-state index contributed by atoms with van der Waals surface area (Å²) < 4.78 is 1.09. The Morgan fingerprint density at radius 2 is 2.26 bits per heavy atom. The number of fused-ring (bicyclic) bond motifs is 1. The van der Waals surface area contributed by atoms with Crippen molar-refractivity contribution in [3.63, 3.8) is 0 Å². The number of piperazine rings is 1. The van der Waals surface area contributed by atoms with Crippen LogP contribution in [0, 0.1) is 0 Å². The van der Waals surface area contributed by atoms with Gasteiger partial charge < -0.3 is 10.2 Å². The number of thiophene rings is 1. The number of amides is 2. The summed E-state index contributed by atoms with van der Waals surface area (Å²) in [5, 5.41) is 4.45. The largest absolute Gasteiger partial charge is 0.353 e. The lowest BCUT2D eigenvalue weighted by molar-refractivity contribution is -0.140. The number of halogens is 1. The highest BCUT2D eigenvalue weighted by Crippen LogP contribution is 2.35. The normalized spacial score (nSPS) is 18.6. The number of nitrogens with zero attached hydrogens (tertiary/aromatic N) is 1. The number of carbonyl (C=O) groups excluding carboxylic acids is 2. The Hall–Kier alpha value is -1.85. The Labute approximate surface area is 143 Å². The van der Waals surface area contributed by atoms with Gasteiger partial charge in [0.25, 0.3) is 0 Å². The maximum absolute atomic E-state index is 12.4. The van der Waals surface area contributed by atoms with E-state index >= 15 is 0 Å². The van der Waals surface area contributed by atoms with E-state index in [-0.39, 0.29) is 11.8 Å². The molecule has 0 spiro atoms. The van der Waals surface area contributed by atoms with Crippen LogP contribution in [-0.4, -0.2) is 35.8 Å². The van der Waals surface area contributed by atoms with E-state index in [0.29, 0.717) is 24.5 Å². The molecule has 1 aliphatic heterocycles. The van der Waals surface area contributed by atoms with Crippen LogP contribution in [0.2, 0.25) is 5.02 Å². The summed E-state index contributed by atoms with van der Waals surface area (Å²) in [7, 11) is 0. The van der Waals surface area contributed by atoms with E-state index in [9.17, 15) is 9.59 Å². The van der Waals surface area contributed by atoms with E-state index in [1.54, 1.807) is 22.3 Å². The van der Waals surface area contributed by atoms with Gasteiger partial charge in [-0.05, 0) is 18.6 Å². The van der Waals surface area contributed by atoms with Crippen LogP contribution in [0.4, 0.5) is 0 Å². The monoisotopic (exact) mass is 348 g/mol. The molecule has 1 atom stereocenters. The quantitative estimate of drug-likeness (QED) is 0.865. The van der Waals surface area contributed by atoms with Gasteiger partial charge in [0.15, 0.2) is 0 Å². The fraction of sp³-hybridized carbons (Fsp3) is 0.294. The summed E-state index contributed by atoms with van der Waals surface area (Å²) in [5.41, 5.74) is 0. The van der Waals surface area contributed by atoms with E-state index in [0.717, 1.165) is 15.0 Å². The van der Waals surface area contributed by atoms with Gasteiger partial charge in [0, 0.05) is 34.1 Å². The zero-order valence-corrected chi connectivity index (χ0v) is 14.3. The minimum atomic E-state index is -0.390. The summed E-state index contributed by atoms with van der Waals surface area (Å²) in [6, 6.07) is 7.49. The Kier molecular flexibility index (Phi) is 4.68. The SMILES string of the molecule is CCC1C(=O)NCCN1C(=O)C=Cc1sc2ccccc2c1Cl. The summed E-state index contributed by atoms with van der Waals surface area (Å²) >= 11 is 7.93. The molecule has 2 aromatic rings. The average Bonchev–Trinajstić information content (AvgIpc) is 2.89. The molecule has 1 aromatic heterocycles. The van der Waals surface area contributed by atoms with Crippen LogP contribution in [0.1, 0.15) is 18.2 Å². The van der Waals surface area contributed by atoms with Crippen molar-refractivity contribution in [1.82, 2.24) is 10.2 Å². The van der Waals surface area contributed by atoms with E-state index in [1.165, 1.54) is 6.08 Å². The molecule has 2 heterocycles. The van der Waals surface area contributed by atoms with Crippen molar-refractivity contribution < 1.29 is 9.59 Å². The van der Waals surface area contributed by atoms with E-state index in [1.807, 2.05) is 31.2 Å². The lowest BCUT2D eigenvalue weighted by atomic mass is 10.1. The molecular weight excluding hydrogens is 332 g/mol. The second-order valence-electron chi connectivity index (χ2n) is 5.36. The van der Waals surface area contributed by atoms with Crippen LogP contribution in [0.15, 0.2) is 30.3 Å². The molecule has 6 heteroatoms. The van der Waals surface area contributed by atoms with Gasteiger partial charge in [-0.25, -0.2) is 0 Å². The zero-order valence-electron chi connectivity index (χ0n) is 12.7. The highest BCUT2D eigenvalue weighted by atomic mass is 35.5. The van der Waals surface area contributed by atoms with Crippen LogP contribution in [0.25, 0.3) is 16.2 Å². The van der Waals surface area contributed by atoms with Crippen molar-refractivity contribution >= 4 is 50.9 Å². The van der Waals surface area contributed by atoms with Crippen LogP contribution in [0.3, 0.4) is 0 Å². The number of hydrogen-bond acceptors (Lipinski definition) is 3. The first-order chi connectivity index (χ1) is 11.1. The van der Waals surface area contributed by atoms with Gasteiger partial charge >= 0.3 is 0 Å². The molecule has 1 aliphatic rings. The fourth-order valence-corrected chi connectivity index (χ4v) is 4.17. The first-order valence-electron chi connectivity index (χ1n) is 7.55. The second-order valence-corrected chi connectivity index (χ2v) is 6.82. The standard InChI is InChI=1S/C17H17ClN2O2S/c1-2-12-17(22)19-9-10-20(12)15(21)8-7-14-16(18)11-5-3-4-6-13(11)23-14/h3-8,12H,2,9-10H2,1H3,(H,19,22). The smallest absolute Gasteiger partial charge is 0.247 e. The molecule has 1 N–H and O–H groups in total. The topological polar surface area (TPSA) is 49.4 Å². The molecule has 1 fully saturated rings. The zero-order chi connectivity index (χ0) is 16.4. The maximum atomic E-state index is 12.4. The molecule has 0 saturated carbocycles. The third-order valence-electron chi connectivity index (χ3n) is 3.94. The van der Waals surface area contributed by atoms with Crippen LogP contribution < -0.4 is 5.32 Å². The summed E-state index contributed by atoms with van der Waals surface area (Å²) in [6.07, 6.45) is 3.86. The number of benzene rings is 1. The molecule has 1 unspecified atom stereocenters. The first kappa shape index (κ1) is 16.0. The van der Waals surface area contributed by atoms with Gasteiger partial charge in [0.1, 0.15) is 6.04 Å². The Morgan fingerprint density at radius 3 is 3.00 bits per heavy atom. The lowest BCUT2D eigenvalue weighted by Crippen LogP contribution is -2.56. The molecule has 1 aromatic carbocycles. The second kappa shape index (κ2) is 6.72. The van der Waals surface area contributed by atoms with Crippen molar-refractivity contribution in [2.45, 2.75) is 19.4 Å². The molecular formula is C17H17ClN2O2S. The third kappa shape index (κ3) is 3.12. The molecule has 1 saturated heterocycles. The van der Waals surface area contributed by atoms with Gasteiger partial charge in [-0.2, -0.15) is 0 Å². The van der Waals surface area contributed by atoms with E-state index < -0.39 is 6.04 Å². The first-order valence-corrected chi connectivity index (χ1v) is 8.74. The van der Waals surface area contributed by atoms with Gasteiger partial charge in [-0.3, -0.25) is 9.59 Å². The fourth-order valence-electron chi connectivity index (χ4n) is 2.77. The maximum Gasteiger partial charge on any atom is 0.247 e. The molecule has 3 rings (SSSR count). The molecule has 23 heavy (non-hydrogen) atoms. The van der Waals surface area contributed by atoms with Crippen molar-refractivity contribution in [3.8, 4) is 0 Å². The molecule has 0 bridgehead atoms. The average molecular weight is 349 g/mol. The van der Waals surface area contributed by atoms with Gasteiger partial charge in [-0.1, -0.05) is 36.7 Å². The minimum Gasteiger partial charge on any atom is -0.353 e. The molecule has 0 aliphatic carbocycles. The Bertz CT molecular complexity index is 784. The van der Waals surface area contributed by atoms with Crippen molar-refractivity contribution in [1.29, 1.82) is 0 Å². The minimum absolute atomic E-state index is 0.0830.